The normalized spacial score (nSPS) is 37.6. The first-order valence-electron chi connectivity index (χ1n) is 5.82. The Morgan fingerprint density at radius 2 is 2.00 bits per heavy atom. The fraction of sp³-hybridized carbons (Fsp3) is 0.750. The van der Waals surface area contributed by atoms with Crippen LogP contribution < -0.4 is 5.32 Å². The second-order valence-electron chi connectivity index (χ2n) is 4.75. The second kappa shape index (κ2) is 4.55. The maximum absolute atomic E-state index is 11.5. The number of methoxy groups -OCH3 is 1. The van der Waals surface area contributed by atoms with Crippen molar-refractivity contribution in [2.75, 3.05) is 7.11 Å². The van der Waals surface area contributed by atoms with Crippen LogP contribution in [0.3, 0.4) is 0 Å². The number of ether oxygens (including phenoxy) is 1. The van der Waals surface area contributed by atoms with Gasteiger partial charge in [-0.25, -0.2) is 4.79 Å². The third kappa shape index (κ3) is 1.96. The van der Waals surface area contributed by atoms with Gasteiger partial charge in [0.25, 0.3) is 0 Å². The second-order valence-corrected chi connectivity index (χ2v) is 6.82. The molecule has 0 radical (unpaired) electrons. The molecule has 0 aromatic rings. The lowest BCUT2D eigenvalue weighted by Crippen LogP contribution is -2.63. The summed E-state index contributed by atoms with van der Waals surface area (Å²) in [7, 11) is 1.43. The van der Waals surface area contributed by atoms with E-state index in [4.69, 9.17) is 4.74 Å². The van der Waals surface area contributed by atoms with Crippen molar-refractivity contribution in [3.8, 4) is 0 Å². The Morgan fingerprint density at radius 3 is 2.75 bits per heavy atom. The van der Waals surface area contributed by atoms with Crippen molar-refractivity contribution in [1.82, 2.24) is 5.32 Å². The summed E-state index contributed by atoms with van der Waals surface area (Å²) in [5, 5.41) is 3.10. The van der Waals surface area contributed by atoms with Gasteiger partial charge in [-0.3, -0.25) is 0 Å². The van der Waals surface area contributed by atoms with Crippen LogP contribution in [0.25, 0.3) is 0 Å². The van der Waals surface area contributed by atoms with Crippen LogP contribution >= 0.6 is 22.6 Å². The summed E-state index contributed by atoms with van der Waals surface area (Å²) in [6.45, 7) is 0. The van der Waals surface area contributed by atoms with Gasteiger partial charge in [0.1, 0.15) is 0 Å². The molecule has 90 valence electrons. The Hall–Kier alpha value is -0.260. The van der Waals surface area contributed by atoms with Gasteiger partial charge >= 0.3 is 6.09 Å². The first-order chi connectivity index (χ1) is 7.62. The molecule has 0 heterocycles. The summed E-state index contributed by atoms with van der Waals surface area (Å²) in [5.74, 6) is 0. The Labute approximate surface area is 110 Å². The average molecular weight is 335 g/mol. The zero-order chi connectivity index (χ0) is 11.6. The predicted molar refractivity (Wildman–Crippen MR) is 71.9 cm³/mol. The van der Waals surface area contributed by atoms with E-state index in [1.165, 1.54) is 26.4 Å². The van der Waals surface area contributed by atoms with E-state index in [9.17, 15) is 4.79 Å². The van der Waals surface area contributed by atoms with Crippen LogP contribution in [-0.2, 0) is 4.74 Å². The van der Waals surface area contributed by atoms with Gasteiger partial charge in [0, 0.05) is 3.42 Å². The smallest absolute Gasteiger partial charge is 0.407 e. The van der Waals surface area contributed by atoms with E-state index in [0.717, 1.165) is 19.3 Å². The molecule has 16 heavy (non-hydrogen) atoms. The molecule has 4 heteroatoms. The van der Waals surface area contributed by atoms with E-state index in [1.54, 1.807) is 0 Å². The minimum absolute atomic E-state index is 0.0896. The van der Waals surface area contributed by atoms with Crippen LogP contribution in [-0.4, -0.2) is 22.2 Å². The van der Waals surface area contributed by atoms with Crippen molar-refractivity contribution in [3.05, 3.63) is 12.2 Å². The molecule has 1 fully saturated rings. The van der Waals surface area contributed by atoms with Gasteiger partial charge in [-0.05, 0) is 25.7 Å². The molecule has 0 aliphatic heterocycles. The van der Waals surface area contributed by atoms with Crippen LogP contribution in [0.5, 0.6) is 0 Å². The van der Waals surface area contributed by atoms with Crippen molar-refractivity contribution in [2.45, 2.75) is 47.5 Å². The number of hydrogen-bond donors (Lipinski definition) is 1. The highest BCUT2D eigenvalue weighted by Crippen LogP contribution is 2.50. The largest absolute Gasteiger partial charge is 0.453 e. The van der Waals surface area contributed by atoms with Crippen LogP contribution in [0, 0.1) is 0 Å². The summed E-state index contributed by atoms with van der Waals surface area (Å²) in [6.07, 6.45) is 10.8. The first-order valence-corrected chi connectivity index (χ1v) is 6.90. The van der Waals surface area contributed by atoms with Gasteiger partial charge in [0.05, 0.1) is 12.6 Å². The molecule has 1 amide bonds. The maximum Gasteiger partial charge on any atom is 0.407 e. The highest BCUT2D eigenvalue weighted by Gasteiger charge is 2.52. The molecule has 1 saturated carbocycles. The summed E-state index contributed by atoms with van der Waals surface area (Å²) in [4.78, 5) is 11.5. The molecule has 1 N–H and O–H groups in total. The van der Waals surface area contributed by atoms with E-state index in [1.807, 2.05) is 0 Å². The standard InChI is InChI=1S/C12H18INO2/c1-16-10(15)14-12-8-4-2-6-11(12,13)7-3-5-9-12/h2,4H,3,5-9H2,1H3,(H,14,15). The molecule has 0 saturated heterocycles. The van der Waals surface area contributed by atoms with Gasteiger partial charge in [-0.2, -0.15) is 0 Å². The molecule has 3 nitrogen and oxygen atoms in total. The van der Waals surface area contributed by atoms with Gasteiger partial charge in [-0.1, -0.05) is 47.6 Å². The van der Waals surface area contributed by atoms with Gasteiger partial charge in [-0.15, -0.1) is 0 Å². The number of amides is 1. The number of alkyl carbamates (subject to hydrolysis) is 1. The molecule has 2 rings (SSSR count). The van der Waals surface area contributed by atoms with Crippen molar-refractivity contribution in [2.24, 2.45) is 0 Å². The number of carbonyl (C=O) groups excluding carboxylic acids is 1. The summed E-state index contributed by atoms with van der Waals surface area (Å²) >= 11 is 2.55. The number of fused-ring (bicyclic) bond motifs is 1. The summed E-state index contributed by atoms with van der Waals surface area (Å²) < 4.78 is 4.94. The molecule has 0 spiro atoms. The molecule has 2 atom stereocenters. The lowest BCUT2D eigenvalue weighted by molar-refractivity contribution is 0.128. The van der Waals surface area contributed by atoms with Crippen LogP contribution in [0.1, 0.15) is 38.5 Å². The average Bonchev–Trinajstić information content (AvgIpc) is 2.29. The Balaban J connectivity index is 2.25. The number of halogens is 1. The van der Waals surface area contributed by atoms with Gasteiger partial charge in [0.15, 0.2) is 0 Å². The number of carbonyl (C=O) groups is 1. The van der Waals surface area contributed by atoms with E-state index >= 15 is 0 Å². The fourth-order valence-electron chi connectivity index (χ4n) is 2.90. The molecular formula is C12H18INO2. The van der Waals surface area contributed by atoms with Gasteiger partial charge < -0.3 is 10.1 Å². The topological polar surface area (TPSA) is 38.3 Å². The van der Waals surface area contributed by atoms with E-state index in [2.05, 4.69) is 40.1 Å². The number of hydrogen-bond acceptors (Lipinski definition) is 2. The van der Waals surface area contributed by atoms with Crippen molar-refractivity contribution < 1.29 is 9.53 Å². The third-order valence-corrected chi connectivity index (χ3v) is 5.90. The highest BCUT2D eigenvalue weighted by molar-refractivity contribution is 14.1. The number of nitrogens with one attached hydrogen (secondary N) is 1. The van der Waals surface area contributed by atoms with Crippen LogP contribution in [0.4, 0.5) is 4.79 Å². The summed E-state index contributed by atoms with van der Waals surface area (Å²) in [6, 6.07) is 0. The Bertz CT molecular complexity index is 318. The third-order valence-electron chi connectivity index (χ3n) is 3.89. The van der Waals surface area contributed by atoms with E-state index in [0.29, 0.717) is 0 Å². The highest BCUT2D eigenvalue weighted by atomic mass is 127. The maximum atomic E-state index is 11.5. The fourth-order valence-corrected chi connectivity index (χ4v) is 4.16. The Kier molecular flexibility index (Phi) is 3.47. The molecule has 2 aliphatic carbocycles. The van der Waals surface area contributed by atoms with Crippen molar-refractivity contribution in [3.63, 3.8) is 0 Å². The minimum atomic E-state index is -0.293. The number of alkyl halides is 1. The SMILES string of the molecule is COC(=O)NC12CC=CCC1(I)CCCC2. The minimum Gasteiger partial charge on any atom is -0.453 e. The van der Waals surface area contributed by atoms with Crippen molar-refractivity contribution >= 4 is 28.7 Å². The molecular weight excluding hydrogens is 317 g/mol. The van der Waals surface area contributed by atoms with E-state index < -0.39 is 0 Å². The summed E-state index contributed by atoms with van der Waals surface area (Å²) in [5.41, 5.74) is -0.0896. The number of rotatable bonds is 1. The Morgan fingerprint density at radius 1 is 1.31 bits per heavy atom. The van der Waals surface area contributed by atoms with E-state index in [-0.39, 0.29) is 15.1 Å². The molecule has 2 unspecified atom stereocenters. The lowest BCUT2D eigenvalue weighted by atomic mass is 9.67. The zero-order valence-electron chi connectivity index (χ0n) is 9.59. The molecule has 0 bridgehead atoms. The van der Waals surface area contributed by atoms with Crippen LogP contribution in [0.2, 0.25) is 0 Å². The first kappa shape index (κ1) is 12.2. The molecule has 0 aromatic heterocycles. The van der Waals surface area contributed by atoms with Crippen LogP contribution in [0.15, 0.2) is 12.2 Å². The quantitative estimate of drug-likeness (QED) is 0.454. The molecule has 0 aromatic carbocycles. The number of allylic oxidation sites excluding steroid dienone is 1. The predicted octanol–water partition coefficient (Wildman–Crippen LogP) is 3.18. The monoisotopic (exact) mass is 335 g/mol. The molecule has 2 aliphatic rings. The van der Waals surface area contributed by atoms with Gasteiger partial charge in [0.2, 0.25) is 0 Å². The lowest BCUT2D eigenvalue weighted by Gasteiger charge is -2.52. The zero-order valence-corrected chi connectivity index (χ0v) is 11.7. The van der Waals surface area contributed by atoms with Crippen molar-refractivity contribution in [1.29, 1.82) is 0 Å².